The van der Waals surface area contributed by atoms with Crippen LogP contribution in [-0.4, -0.2) is 21.7 Å². The van der Waals surface area contributed by atoms with Crippen molar-refractivity contribution in [2.24, 2.45) is 0 Å². The Labute approximate surface area is 189 Å². The second-order valence-corrected chi connectivity index (χ2v) is 7.34. The number of nitrogens with zero attached hydrogens (tertiary/aromatic N) is 2. The van der Waals surface area contributed by atoms with Crippen molar-refractivity contribution in [2.75, 3.05) is 5.32 Å². The van der Waals surface area contributed by atoms with Crippen LogP contribution in [0.3, 0.4) is 0 Å². The van der Waals surface area contributed by atoms with Gasteiger partial charge in [0.2, 0.25) is 0 Å². The third-order valence-electron chi connectivity index (χ3n) is 4.73. The van der Waals surface area contributed by atoms with Crippen molar-refractivity contribution in [3.63, 3.8) is 0 Å². The van der Waals surface area contributed by atoms with Gasteiger partial charge in [0.05, 0.1) is 27.2 Å². The lowest BCUT2D eigenvalue weighted by atomic mass is 10.0. The van der Waals surface area contributed by atoms with Crippen LogP contribution >= 0.6 is 11.6 Å². The van der Waals surface area contributed by atoms with E-state index in [0.29, 0.717) is 17.1 Å². The summed E-state index contributed by atoms with van der Waals surface area (Å²) >= 11 is 5.57. The van der Waals surface area contributed by atoms with E-state index in [1.807, 2.05) is 0 Å². The first-order valence-corrected chi connectivity index (χ1v) is 9.74. The maximum absolute atomic E-state index is 14.4. The summed E-state index contributed by atoms with van der Waals surface area (Å²) in [5, 5.41) is 1.82. The summed E-state index contributed by atoms with van der Waals surface area (Å²) in [4.78, 5) is 33.5. The predicted molar refractivity (Wildman–Crippen MR) is 114 cm³/mol. The van der Waals surface area contributed by atoms with Crippen molar-refractivity contribution in [2.45, 2.75) is 6.18 Å². The Bertz CT molecular complexity index is 1410. The van der Waals surface area contributed by atoms with Crippen molar-refractivity contribution in [1.29, 1.82) is 0 Å². The Morgan fingerprint density at radius 1 is 0.848 bits per heavy atom. The normalized spacial score (nSPS) is 11.4. The van der Waals surface area contributed by atoms with Crippen LogP contribution in [0.5, 0.6) is 0 Å². The number of benzene rings is 3. The fourth-order valence-corrected chi connectivity index (χ4v) is 3.35. The molecular formula is C23H12ClF4N3O2. The predicted octanol–water partition coefficient (Wildman–Crippen LogP) is 5.92. The van der Waals surface area contributed by atoms with E-state index in [0.717, 1.165) is 24.3 Å². The minimum Gasteiger partial charge on any atom is -0.322 e. The monoisotopic (exact) mass is 473 g/mol. The highest BCUT2D eigenvalue weighted by atomic mass is 35.5. The van der Waals surface area contributed by atoms with Gasteiger partial charge in [-0.15, -0.1) is 0 Å². The number of rotatable bonds is 4. The molecule has 5 nitrogen and oxygen atoms in total. The molecule has 1 N–H and O–H groups in total. The molecule has 166 valence electrons. The summed E-state index contributed by atoms with van der Waals surface area (Å²) in [5.74, 6) is -2.38. The van der Waals surface area contributed by atoms with E-state index in [4.69, 9.17) is 11.6 Å². The van der Waals surface area contributed by atoms with Crippen LogP contribution in [0.4, 0.5) is 23.2 Å². The van der Waals surface area contributed by atoms with Gasteiger partial charge in [0, 0.05) is 29.2 Å². The van der Waals surface area contributed by atoms with Gasteiger partial charge in [-0.25, -0.2) is 4.39 Å². The zero-order chi connectivity index (χ0) is 23.8. The minimum absolute atomic E-state index is 0.0221. The molecule has 10 heteroatoms. The molecule has 0 aliphatic carbocycles. The lowest BCUT2D eigenvalue weighted by Gasteiger charge is -2.12. The van der Waals surface area contributed by atoms with Gasteiger partial charge in [-0.05, 0) is 54.6 Å². The van der Waals surface area contributed by atoms with Crippen LogP contribution in [0.15, 0.2) is 67.0 Å². The number of hydrogen-bond acceptors (Lipinski definition) is 4. The van der Waals surface area contributed by atoms with Gasteiger partial charge in [-0.2, -0.15) is 13.2 Å². The maximum atomic E-state index is 14.4. The van der Waals surface area contributed by atoms with Gasteiger partial charge in [0.25, 0.3) is 5.91 Å². The zero-order valence-corrected chi connectivity index (χ0v) is 17.2. The molecular weight excluding hydrogens is 462 g/mol. The molecule has 0 bridgehead atoms. The Kier molecular flexibility index (Phi) is 5.82. The van der Waals surface area contributed by atoms with E-state index < -0.39 is 34.3 Å². The van der Waals surface area contributed by atoms with Crippen LogP contribution < -0.4 is 5.32 Å². The third-order valence-corrected chi connectivity index (χ3v) is 5.06. The number of aromatic nitrogens is 2. The van der Waals surface area contributed by atoms with Crippen LogP contribution in [0, 0.1) is 5.82 Å². The quantitative estimate of drug-likeness (QED) is 0.295. The number of amides is 1. The average molecular weight is 474 g/mol. The first kappa shape index (κ1) is 22.3. The molecule has 0 saturated heterocycles. The Morgan fingerprint density at radius 2 is 1.55 bits per heavy atom. The highest BCUT2D eigenvalue weighted by molar-refractivity contribution is 6.31. The van der Waals surface area contributed by atoms with Gasteiger partial charge in [0.15, 0.2) is 5.78 Å². The molecule has 0 unspecified atom stereocenters. The van der Waals surface area contributed by atoms with Crippen LogP contribution in [0.25, 0.3) is 11.0 Å². The number of carbonyl (C=O) groups excluding carboxylic acids is 2. The Balaban J connectivity index is 1.62. The van der Waals surface area contributed by atoms with E-state index in [2.05, 4.69) is 15.3 Å². The fourth-order valence-electron chi connectivity index (χ4n) is 3.12. The minimum atomic E-state index is -4.74. The summed E-state index contributed by atoms with van der Waals surface area (Å²) in [6.45, 7) is 0. The first-order valence-electron chi connectivity index (χ1n) is 9.36. The van der Waals surface area contributed by atoms with Crippen molar-refractivity contribution in [3.8, 4) is 0 Å². The average Bonchev–Trinajstić information content (AvgIpc) is 2.79. The number of halogens is 5. The van der Waals surface area contributed by atoms with Crippen molar-refractivity contribution >= 4 is 40.0 Å². The number of hydrogen-bond donors (Lipinski definition) is 1. The number of alkyl halides is 3. The molecule has 0 aliphatic heterocycles. The molecule has 4 aromatic rings. The number of carbonyl (C=O) groups is 2. The molecule has 1 aromatic heterocycles. The molecule has 1 heterocycles. The number of nitrogens with one attached hydrogen (secondary N) is 1. The summed E-state index contributed by atoms with van der Waals surface area (Å²) < 4.78 is 53.6. The van der Waals surface area contributed by atoms with Crippen molar-refractivity contribution in [1.82, 2.24) is 9.97 Å². The Morgan fingerprint density at radius 3 is 2.27 bits per heavy atom. The lowest BCUT2D eigenvalue weighted by molar-refractivity contribution is -0.137. The zero-order valence-electron chi connectivity index (χ0n) is 16.5. The largest absolute Gasteiger partial charge is 0.417 e. The Hall–Kier alpha value is -3.85. The van der Waals surface area contributed by atoms with E-state index in [9.17, 15) is 27.2 Å². The SMILES string of the molecule is O=C(Nc1ccc(F)c(C(=O)c2ccc3nccnc3c2)c1)c1ccc(Cl)c(C(F)(F)F)c1. The molecule has 3 aromatic carbocycles. The lowest BCUT2D eigenvalue weighted by Crippen LogP contribution is -2.15. The van der Waals surface area contributed by atoms with Crippen LogP contribution in [-0.2, 0) is 6.18 Å². The van der Waals surface area contributed by atoms with Gasteiger partial charge in [-0.3, -0.25) is 19.6 Å². The van der Waals surface area contributed by atoms with E-state index in [1.54, 1.807) is 6.07 Å². The summed E-state index contributed by atoms with van der Waals surface area (Å²) in [5.41, 5.74) is -0.633. The number of ketones is 1. The number of fused-ring (bicyclic) bond motifs is 1. The summed E-state index contributed by atoms with van der Waals surface area (Å²) in [6.07, 6.45) is -1.80. The molecule has 0 aliphatic rings. The summed E-state index contributed by atoms with van der Waals surface area (Å²) in [7, 11) is 0. The molecule has 33 heavy (non-hydrogen) atoms. The van der Waals surface area contributed by atoms with Crippen LogP contribution in [0.2, 0.25) is 5.02 Å². The van der Waals surface area contributed by atoms with E-state index >= 15 is 0 Å². The molecule has 1 amide bonds. The van der Waals surface area contributed by atoms with Gasteiger partial charge >= 0.3 is 6.18 Å². The third kappa shape index (κ3) is 4.68. The number of anilines is 1. The van der Waals surface area contributed by atoms with Crippen LogP contribution in [0.1, 0.15) is 31.8 Å². The van der Waals surface area contributed by atoms with Gasteiger partial charge in [0.1, 0.15) is 5.82 Å². The topological polar surface area (TPSA) is 72.0 Å². The van der Waals surface area contributed by atoms with Crippen molar-refractivity contribution in [3.05, 3.63) is 100 Å². The molecule has 0 radical (unpaired) electrons. The van der Waals surface area contributed by atoms with Gasteiger partial charge < -0.3 is 5.32 Å². The second-order valence-electron chi connectivity index (χ2n) is 6.93. The second kappa shape index (κ2) is 8.59. The molecule has 0 fully saturated rings. The highest BCUT2D eigenvalue weighted by Gasteiger charge is 2.33. The van der Waals surface area contributed by atoms with E-state index in [1.165, 1.54) is 30.6 Å². The smallest absolute Gasteiger partial charge is 0.322 e. The summed E-state index contributed by atoms with van der Waals surface area (Å²) in [6, 6.07) is 10.5. The van der Waals surface area contributed by atoms with Crippen molar-refractivity contribution < 1.29 is 27.2 Å². The van der Waals surface area contributed by atoms with E-state index in [-0.39, 0.29) is 22.4 Å². The molecule has 0 spiro atoms. The highest BCUT2D eigenvalue weighted by Crippen LogP contribution is 2.35. The standard InChI is InChI=1S/C23H12ClF4N3O2/c24-17-4-1-13(9-16(17)23(26,27)28)22(33)31-14-3-5-18(25)15(11-14)21(32)12-2-6-19-20(10-12)30-8-7-29-19/h1-11H,(H,31,33). The van der Waals surface area contributed by atoms with Gasteiger partial charge in [-0.1, -0.05) is 11.6 Å². The fraction of sp³-hybridized carbons (Fsp3) is 0.0435. The molecule has 0 saturated carbocycles. The molecule has 4 rings (SSSR count). The molecule has 0 atom stereocenters. The maximum Gasteiger partial charge on any atom is 0.417 e. The first-order chi connectivity index (χ1) is 15.6.